The van der Waals surface area contributed by atoms with E-state index < -0.39 is 5.82 Å². The molecule has 8 nitrogen and oxygen atoms in total. The number of carbonyl (C=O) groups is 1. The second kappa shape index (κ2) is 10.5. The van der Waals surface area contributed by atoms with Gasteiger partial charge in [0.15, 0.2) is 0 Å². The lowest BCUT2D eigenvalue weighted by atomic mass is 10.1. The van der Waals surface area contributed by atoms with Crippen LogP contribution < -0.4 is 15.4 Å². The molecule has 0 aliphatic rings. The minimum Gasteiger partial charge on any atom is -0.494 e. The molecule has 0 saturated heterocycles. The highest BCUT2D eigenvalue weighted by atomic mass is 35.5. The number of amides is 1. The number of methoxy groups -OCH3 is 1. The van der Waals surface area contributed by atoms with Gasteiger partial charge in [-0.1, -0.05) is 23.7 Å². The predicted octanol–water partition coefficient (Wildman–Crippen LogP) is 5.08. The van der Waals surface area contributed by atoms with Crippen LogP contribution >= 0.6 is 11.6 Å². The van der Waals surface area contributed by atoms with Crippen LogP contribution in [0.4, 0.5) is 21.6 Å². The number of rotatable bonds is 8. The zero-order chi connectivity index (χ0) is 23.1. The smallest absolute Gasteiger partial charge is 0.248 e. The zero-order valence-corrected chi connectivity index (χ0v) is 18.4. The molecule has 0 fully saturated rings. The van der Waals surface area contributed by atoms with Gasteiger partial charge in [-0.25, -0.2) is 14.4 Å². The lowest BCUT2D eigenvalue weighted by Crippen LogP contribution is -2.10. The van der Waals surface area contributed by atoms with Crippen LogP contribution in [0, 0.1) is 5.82 Å². The Bertz CT molecular complexity index is 1200. The Kier molecular flexibility index (Phi) is 7.56. The Hall–Kier alpha value is -3.72. The summed E-state index contributed by atoms with van der Waals surface area (Å²) >= 11 is 5.87. The Morgan fingerprint density at radius 3 is 2.72 bits per heavy atom. The van der Waals surface area contributed by atoms with E-state index in [2.05, 4.69) is 25.8 Å². The molecule has 1 heterocycles. The average molecular weight is 458 g/mol. The van der Waals surface area contributed by atoms with Gasteiger partial charge in [-0.05, 0) is 36.8 Å². The Labute approximate surface area is 189 Å². The monoisotopic (exact) mass is 457 g/mol. The highest BCUT2D eigenvalue weighted by Crippen LogP contribution is 2.33. The van der Waals surface area contributed by atoms with Gasteiger partial charge >= 0.3 is 0 Å². The Morgan fingerprint density at radius 2 is 2.03 bits per heavy atom. The SMILES string of the molecule is CCC(/C=C/C(=O)Nc1cc2c(Nc3ccc(F)c(Cl)c3)ncnc2cc1OC)=N/OC. The number of hydrogen-bond acceptors (Lipinski definition) is 7. The highest BCUT2D eigenvalue weighted by molar-refractivity contribution is 6.31. The van der Waals surface area contributed by atoms with Crippen LogP contribution in [-0.4, -0.2) is 35.8 Å². The maximum absolute atomic E-state index is 13.5. The van der Waals surface area contributed by atoms with Gasteiger partial charge in [-0.2, -0.15) is 0 Å². The topological polar surface area (TPSA) is 97.7 Å². The fourth-order valence-electron chi connectivity index (χ4n) is 2.84. The molecule has 0 unspecified atom stereocenters. The van der Waals surface area contributed by atoms with E-state index in [1.807, 2.05) is 6.92 Å². The second-order valence-corrected chi connectivity index (χ2v) is 6.89. The summed E-state index contributed by atoms with van der Waals surface area (Å²) in [5, 5.41) is 10.3. The Morgan fingerprint density at radius 1 is 1.22 bits per heavy atom. The molecule has 0 aliphatic carbocycles. The van der Waals surface area contributed by atoms with E-state index in [9.17, 15) is 9.18 Å². The maximum Gasteiger partial charge on any atom is 0.248 e. The van der Waals surface area contributed by atoms with E-state index in [4.69, 9.17) is 21.2 Å². The Balaban J connectivity index is 1.93. The number of allylic oxidation sites excluding steroid dienone is 1. The summed E-state index contributed by atoms with van der Waals surface area (Å²) in [5.74, 6) is -0.0206. The van der Waals surface area contributed by atoms with Crippen molar-refractivity contribution in [3.8, 4) is 5.75 Å². The molecule has 0 radical (unpaired) electrons. The van der Waals surface area contributed by atoms with Crippen molar-refractivity contribution in [1.82, 2.24) is 9.97 Å². The summed E-state index contributed by atoms with van der Waals surface area (Å²) in [6, 6.07) is 7.63. The fraction of sp³-hybridized carbons (Fsp3) is 0.182. The van der Waals surface area contributed by atoms with Crippen molar-refractivity contribution >= 4 is 51.3 Å². The molecule has 3 aromatic rings. The van der Waals surface area contributed by atoms with E-state index in [1.54, 1.807) is 24.3 Å². The lowest BCUT2D eigenvalue weighted by molar-refractivity contribution is -0.111. The average Bonchev–Trinajstić information content (AvgIpc) is 2.79. The molecule has 1 amide bonds. The van der Waals surface area contributed by atoms with Crippen LogP contribution in [0.3, 0.4) is 0 Å². The first-order chi connectivity index (χ1) is 15.4. The molecule has 166 valence electrons. The number of nitrogens with zero attached hydrogens (tertiary/aromatic N) is 3. The second-order valence-electron chi connectivity index (χ2n) is 6.49. The number of fused-ring (bicyclic) bond motifs is 1. The van der Waals surface area contributed by atoms with E-state index >= 15 is 0 Å². The first kappa shape index (κ1) is 23.0. The van der Waals surface area contributed by atoms with Crippen molar-refractivity contribution in [3.63, 3.8) is 0 Å². The van der Waals surface area contributed by atoms with Gasteiger partial charge in [0.2, 0.25) is 5.91 Å². The number of nitrogens with one attached hydrogen (secondary N) is 2. The van der Waals surface area contributed by atoms with Crippen molar-refractivity contribution in [1.29, 1.82) is 0 Å². The van der Waals surface area contributed by atoms with Crippen LogP contribution in [0.1, 0.15) is 13.3 Å². The number of ether oxygens (including phenoxy) is 1. The van der Waals surface area contributed by atoms with Gasteiger partial charge in [0, 0.05) is 23.2 Å². The molecule has 0 aliphatic heterocycles. The quantitative estimate of drug-likeness (QED) is 0.278. The molecule has 0 spiro atoms. The molecule has 32 heavy (non-hydrogen) atoms. The molecule has 10 heteroatoms. The normalized spacial score (nSPS) is 11.6. The molecule has 3 rings (SSSR count). The van der Waals surface area contributed by atoms with E-state index in [0.29, 0.717) is 46.0 Å². The zero-order valence-electron chi connectivity index (χ0n) is 17.6. The van der Waals surface area contributed by atoms with Crippen LogP contribution in [0.15, 0.2) is 54.0 Å². The van der Waals surface area contributed by atoms with Gasteiger partial charge in [-0.15, -0.1) is 0 Å². The third kappa shape index (κ3) is 5.50. The maximum atomic E-state index is 13.5. The van der Waals surface area contributed by atoms with Crippen LogP contribution in [-0.2, 0) is 9.63 Å². The molecular formula is C22H21ClFN5O3. The van der Waals surface area contributed by atoms with Gasteiger partial charge in [0.25, 0.3) is 0 Å². The minimum atomic E-state index is -0.519. The number of hydrogen-bond donors (Lipinski definition) is 2. The van der Waals surface area contributed by atoms with Gasteiger partial charge in [0.05, 0.1) is 29.0 Å². The van der Waals surface area contributed by atoms with Crippen molar-refractivity contribution < 1.29 is 18.8 Å². The number of anilines is 3. The summed E-state index contributed by atoms with van der Waals surface area (Å²) in [7, 11) is 2.94. The third-order valence-electron chi connectivity index (χ3n) is 4.39. The summed E-state index contributed by atoms with van der Waals surface area (Å²) in [6.07, 6.45) is 4.92. The first-order valence-corrected chi connectivity index (χ1v) is 9.96. The van der Waals surface area contributed by atoms with Gasteiger partial charge < -0.3 is 20.2 Å². The lowest BCUT2D eigenvalue weighted by Gasteiger charge is -2.13. The van der Waals surface area contributed by atoms with Crippen molar-refractivity contribution in [2.75, 3.05) is 24.9 Å². The van der Waals surface area contributed by atoms with Crippen molar-refractivity contribution in [2.45, 2.75) is 13.3 Å². The van der Waals surface area contributed by atoms with Crippen molar-refractivity contribution in [3.05, 3.63) is 59.7 Å². The first-order valence-electron chi connectivity index (χ1n) is 9.59. The molecular weight excluding hydrogens is 437 g/mol. The van der Waals surface area contributed by atoms with Crippen LogP contribution in [0.5, 0.6) is 5.75 Å². The van der Waals surface area contributed by atoms with E-state index in [-0.39, 0.29) is 10.9 Å². The molecule has 0 saturated carbocycles. The molecule has 2 N–H and O–H groups in total. The summed E-state index contributed by atoms with van der Waals surface area (Å²) in [4.78, 5) is 25.7. The van der Waals surface area contributed by atoms with Gasteiger partial charge in [-0.3, -0.25) is 4.79 Å². The molecule has 2 aromatic carbocycles. The summed E-state index contributed by atoms with van der Waals surface area (Å²) in [6.45, 7) is 1.90. The van der Waals surface area contributed by atoms with E-state index in [0.717, 1.165) is 0 Å². The van der Waals surface area contributed by atoms with Crippen molar-refractivity contribution in [2.24, 2.45) is 5.16 Å². The summed E-state index contributed by atoms with van der Waals surface area (Å²) < 4.78 is 18.9. The molecule has 0 atom stereocenters. The highest BCUT2D eigenvalue weighted by Gasteiger charge is 2.13. The number of carbonyl (C=O) groups excluding carboxylic acids is 1. The largest absolute Gasteiger partial charge is 0.494 e. The third-order valence-corrected chi connectivity index (χ3v) is 4.68. The fourth-order valence-corrected chi connectivity index (χ4v) is 3.02. The number of benzene rings is 2. The number of aromatic nitrogens is 2. The predicted molar refractivity (Wildman–Crippen MR) is 123 cm³/mol. The number of halogens is 2. The molecule has 0 bridgehead atoms. The van der Waals surface area contributed by atoms with Crippen LogP contribution in [0.2, 0.25) is 5.02 Å². The molecule has 1 aromatic heterocycles. The van der Waals surface area contributed by atoms with E-state index in [1.165, 1.54) is 38.8 Å². The standard InChI is InChI=1S/C22H21ClFN5O3/c1-4-13(29-32-3)6-8-21(30)28-19-10-15-18(11-20(19)31-2)25-12-26-22(15)27-14-5-7-17(24)16(23)9-14/h5-12H,4H2,1-3H3,(H,28,30)(H,25,26,27)/b8-6+,29-13-. The number of oxime groups is 1. The minimum absolute atomic E-state index is 0.0155. The summed E-state index contributed by atoms with van der Waals surface area (Å²) in [5.41, 5.74) is 2.17. The van der Waals surface area contributed by atoms with Gasteiger partial charge in [0.1, 0.15) is 30.8 Å². The van der Waals surface area contributed by atoms with Crippen LogP contribution in [0.25, 0.3) is 10.9 Å².